The van der Waals surface area contributed by atoms with Crippen LogP contribution in [0.1, 0.15) is 11.3 Å². The lowest BCUT2D eigenvalue weighted by molar-refractivity contribution is 0.0749. The maximum atomic E-state index is 9.19. The van der Waals surface area contributed by atoms with Gasteiger partial charge in [-0.3, -0.25) is 4.90 Å². The van der Waals surface area contributed by atoms with Crippen molar-refractivity contribution in [3.05, 3.63) is 34.2 Å². The van der Waals surface area contributed by atoms with E-state index in [4.69, 9.17) is 11.6 Å². The second-order valence-electron chi connectivity index (χ2n) is 5.72. The van der Waals surface area contributed by atoms with Gasteiger partial charge in [-0.2, -0.15) is 0 Å². The van der Waals surface area contributed by atoms with E-state index < -0.39 is 0 Å². The molecule has 3 nitrogen and oxygen atoms in total. The average molecular weight is 325 g/mol. The molecule has 114 valence electrons. The van der Waals surface area contributed by atoms with Crippen LogP contribution in [0.2, 0.25) is 5.02 Å². The highest BCUT2D eigenvalue weighted by atomic mass is 35.5. The predicted molar refractivity (Wildman–Crippen MR) is 90.2 cm³/mol. The van der Waals surface area contributed by atoms with Crippen LogP contribution in [0.4, 0.5) is 0 Å². The van der Waals surface area contributed by atoms with Crippen LogP contribution >= 0.6 is 22.9 Å². The molecule has 1 aliphatic heterocycles. The third kappa shape index (κ3) is 3.25. The van der Waals surface area contributed by atoms with Crippen molar-refractivity contribution in [2.24, 2.45) is 0 Å². The van der Waals surface area contributed by atoms with E-state index in [1.807, 2.05) is 6.07 Å². The van der Waals surface area contributed by atoms with E-state index in [1.165, 1.54) is 15.0 Å². The molecule has 0 spiro atoms. The number of thiophene rings is 1. The summed E-state index contributed by atoms with van der Waals surface area (Å²) < 4.78 is 1.26. The highest BCUT2D eigenvalue weighted by molar-refractivity contribution is 7.19. The van der Waals surface area contributed by atoms with E-state index in [0.717, 1.165) is 37.6 Å². The summed E-state index contributed by atoms with van der Waals surface area (Å²) in [4.78, 5) is 6.06. The third-order valence-corrected chi connectivity index (χ3v) is 5.99. The number of hydrogen-bond donors (Lipinski definition) is 1. The van der Waals surface area contributed by atoms with Gasteiger partial charge < -0.3 is 10.0 Å². The van der Waals surface area contributed by atoms with Crippen molar-refractivity contribution < 1.29 is 5.11 Å². The maximum absolute atomic E-state index is 9.19. The Balaban J connectivity index is 1.74. The number of hydrogen-bond acceptors (Lipinski definition) is 4. The summed E-state index contributed by atoms with van der Waals surface area (Å²) in [6.07, 6.45) is 0.840. The molecule has 1 aromatic heterocycles. The smallest absolute Gasteiger partial charge is 0.0637 e. The van der Waals surface area contributed by atoms with Crippen molar-refractivity contribution in [1.29, 1.82) is 0 Å². The first kappa shape index (κ1) is 15.3. The Morgan fingerprint density at radius 1 is 1.33 bits per heavy atom. The maximum Gasteiger partial charge on any atom is 0.0637 e. The second kappa shape index (κ2) is 6.63. The molecule has 21 heavy (non-hydrogen) atoms. The van der Waals surface area contributed by atoms with Gasteiger partial charge in [0.2, 0.25) is 0 Å². The number of piperazine rings is 1. The first-order valence-electron chi connectivity index (χ1n) is 7.38. The molecular formula is C16H21ClN2OS. The number of likely N-dealkylation sites (N-methyl/N-ethyl adjacent to an activating group) is 1. The normalized spacial score (nSPS) is 21.2. The van der Waals surface area contributed by atoms with Crippen molar-refractivity contribution >= 4 is 33.0 Å². The minimum absolute atomic E-state index is 0.256. The number of aliphatic hydroxyl groups is 1. The van der Waals surface area contributed by atoms with Crippen molar-refractivity contribution in [2.45, 2.75) is 19.0 Å². The summed E-state index contributed by atoms with van der Waals surface area (Å²) in [6.45, 7) is 4.28. The van der Waals surface area contributed by atoms with E-state index in [0.29, 0.717) is 6.04 Å². The van der Waals surface area contributed by atoms with E-state index in [1.54, 1.807) is 11.3 Å². The minimum atomic E-state index is 0.256. The van der Waals surface area contributed by atoms with Gasteiger partial charge in [0.15, 0.2) is 0 Å². The molecule has 0 radical (unpaired) electrons. The lowest BCUT2D eigenvalue weighted by Crippen LogP contribution is -2.51. The van der Waals surface area contributed by atoms with Gasteiger partial charge in [0, 0.05) is 53.8 Å². The van der Waals surface area contributed by atoms with Crippen molar-refractivity contribution in [2.75, 3.05) is 33.3 Å². The zero-order valence-corrected chi connectivity index (χ0v) is 13.8. The summed E-state index contributed by atoms with van der Waals surface area (Å²) >= 11 is 8.33. The molecule has 0 aliphatic carbocycles. The molecule has 0 bridgehead atoms. The largest absolute Gasteiger partial charge is 0.396 e. The Labute approximate surface area is 134 Å². The van der Waals surface area contributed by atoms with Gasteiger partial charge >= 0.3 is 0 Å². The number of nitrogens with zero attached hydrogens (tertiary/aromatic N) is 2. The summed E-state index contributed by atoms with van der Waals surface area (Å²) in [5.74, 6) is 0. The molecule has 1 saturated heterocycles. The number of benzene rings is 1. The van der Waals surface area contributed by atoms with Gasteiger partial charge in [-0.15, -0.1) is 11.3 Å². The van der Waals surface area contributed by atoms with Crippen LogP contribution in [-0.4, -0.2) is 54.2 Å². The molecule has 2 aromatic rings. The van der Waals surface area contributed by atoms with Crippen LogP contribution in [0.25, 0.3) is 10.1 Å². The molecule has 0 unspecified atom stereocenters. The summed E-state index contributed by atoms with van der Waals surface area (Å²) in [5.41, 5.74) is 0. The van der Waals surface area contributed by atoms with Crippen molar-refractivity contribution in [1.82, 2.24) is 9.80 Å². The van der Waals surface area contributed by atoms with Crippen LogP contribution < -0.4 is 0 Å². The third-order valence-electron chi connectivity index (χ3n) is 4.29. The monoisotopic (exact) mass is 324 g/mol. The lowest BCUT2D eigenvalue weighted by Gasteiger charge is -2.39. The number of halogens is 1. The molecule has 2 heterocycles. The molecule has 5 heteroatoms. The van der Waals surface area contributed by atoms with E-state index in [-0.39, 0.29) is 6.61 Å². The second-order valence-corrected chi connectivity index (χ2v) is 7.23. The highest BCUT2D eigenvalue weighted by Gasteiger charge is 2.24. The van der Waals surface area contributed by atoms with Crippen LogP contribution in [0.3, 0.4) is 0 Å². The molecule has 3 rings (SSSR count). The zero-order valence-electron chi connectivity index (χ0n) is 12.3. The Morgan fingerprint density at radius 2 is 2.14 bits per heavy atom. The fraction of sp³-hybridized carbons (Fsp3) is 0.500. The average Bonchev–Trinajstić information content (AvgIpc) is 2.80. The quantitative estimate of drug-likeness (QED) is 0.936. The lowest BCUT2D eigenvalue weighted by atomic mass is 10.1. The van der Waals surface area contributed by atoms with E-state index in [2.05, 4.69) is 35.0 Å². The van der Waals surface area contributed by atoms with Gasteiger partial charge in [-0.25, -0.2) is 0 Å². The minimum Gasteiger partial charge on any atom is -0.396 e. The van der Waals surface area contributed by atoms with Crippen molar-refractivity contribution in [3.63, 3.8) is 0 Å². The van der Waals surface area contributed by atoms with Gasteiger partial charge in [-0.1, -0.05) is 29.8 Å². The first-order valence-corrected chi connectivity index (χ1v) is 8.58. The molecule has 1 fully saturated rings. The van der Waals surface area contributed by atoms with Gasteiger partial charge in [0.05, 0.1) is 5.02 Å². The Kier molecular flexibility index (Phi) is 4.82. The first-order chi connectivity index (χ1) is 10.2. The number of aliphatic hydroxyl groups excluding tert-OH is 1. The summed E-state index contributed by atoms with van der Waals surface area (Å²) in [7, 11) is 2.14. The predicted octanol–water partition coefficient (Wildman–Crippen LogP) is 3.05. The topological polar surface area (TPSA) is 26.7 Å². The van der Waals surface area contributed by atoms with Gasteiger partial charge in [-0.05, 0) is 19.5 Å². The zero-order chi connectivity index (χ0) is 14.8. The molecular weight excluding hydrogens is 304 g/mol. The molecule has 1 aromatic carbocycles. The molecule has 1 atom stereocenters. The number of rotatable bonds is 4. The molecule has 1 N–H and O–H groups in total. The van der Waals surface area contributed by atoms with Crippen molar-refractivity contribution in [3.8, 4) is 0 Å². The molecule has 0 saturated carbocycles. The Bertz CT molecular complexity index is 615. The summed E-state index contributed by atoms with van der Waals surface area (Å²) in [5, 5.41) is 11.3. The van der Waals surface area contributed by atoms with Gasteiger partial charge in [0.25, 0.3) is 0 Å². The van der Waals surface area contributed by atoms with E-state index in [9.17, 15) is 5.11 Å². The van der Waals surface area contributed by atoms with Gasteiger partial charge in [0.1, 0.15) is 0 Å². The molecule has 1 aliphatic rings. The Hall–Kier alpha value is -0.650. The standard InChI is InChI=1S/C16H21ClN2OS/c1-18-7-8-19(10-12(18)6-9-20)11-15-16(17)13-4-2-3-5-14(13)21-15/h2-5,12,20H,6-11H2,1H3/t12-/m0/s1. The highest BCUT2D eigenvalue weighted by Crippen LogP contribution is 2.36. The van der Waals surface area contributed by atoms with Crippen LogP contribution in [0, 0.1) is 0 Å². The molecule has 0 amide bonds. The Morgan fingerprint density at radius 3 is 2.90 bits per heavy atom. The summed E-state index contributed by atoms with van der Waals surface area (Å²) in [6, 6.07) is 8.77. The van der Waals surface area contributed by atoms with Crippen LogP contribution in [0.15, 0.2) is 24.3 Å². The fourth-order valence-corrected chi connectivity index (χ4v) is 4.52. The SMILES string of the molecule is CN1CCN(Cc2sc3ccccc3c2Cl)C[C@@H]1CCO. The number of fused-ring (bicyclic) bond motifs is 1. The van der Waals surface area contributed by atoms with Crippen LogP contribution in [-0.2, 0) is 6.54 Å². The van der Waals surface area contributed by atoms with Crippen LogP contribution in [0.5, 0.6) is 0 Å². The fourth-order valence-electron chi connectivity index (χ4n) is 2.98. The van der Waals surface area contributed by atoms with E-state index >= 15 is 0 Å².